The number of hydrogen-bond donors (Lipinski definition) is 1. The average Bonchev–Trinajstić information content (AvgIpc) is 2.87. The van der Waals surface area contributed by atoms with E-state index >= 15 is 0 Å². The van der Waals surface area contributed by atoms with Crippen molar-refractivity contribution < 1.29 is 4.21 Å². The summed E-state index contributed by atoms with van der Waals surface area (Å²) in [5.74, 6) is 3.28. The summed E-state index contributed by atoms with van der Waals surface area (Å²) in [6.07, 6.45) is 10.2. The monoisotopic (exact) mass is 243 g/mol. The Morgan fingerprint density at radius 3 is 2.44 bits per heavy atom. The Labute approximate surface area is 102 Å². The average molecular weight is 243 g/mol. The van der Waals surface area contributed by atoms with E-state index in [1.54, 1.807) is 0 Å². The minimum atomic E-state index is -0.576. The van der Waals surface area contributed by atoms with Crippen LogP contribution in [0.5, 0.6) is 0 Å². The topological polar surface area (TPSA) is 43.1 Å². The third-order valence-corrected chi connectivity index (χ3v) is 5.86. The van der Waals surface area contributed by atoms with Crippen LogP contribution in [0.25, 0.3) is 0 Å². The summed E-state index contributed by atoms with van der Waals surface area (Å²) in [5, 5.41) is 0. The lowest BCUT2D eigenvalue weighted by atomic mass is 10.0. The Hall–Kier alpha value is 0.110. The van der Waals surface area contributed by atoms with Gasteiger partial charge in [-0.25, -0.2) is 0 Å². The molecule has 0 spiro atoms. The minimum absolute atomic E-state index is 0.392. The van der Waals surface area contributed by atoms with Crippen molar-refractivity contribution in [3.63, 3.8) is 0 Å². The van der Waals surface area contributed by atoms with Gasteiger partial charge in [0, 0.05) is 28.3 Å². The van der Waals surface area contributed by atoms with E-state index in [-0.39, 0.29) is 0 Å². The normalized spacial score (nSPS) is 33.3. The molecular formula is C13H25NOS. The first-order chi connectivity index (χ1) is 7.75. The van der Waals surface area contributed by atoms with Crippen molar-refractivity contribution in [1.29, 1.82) is 0 Å². The Kier molecular flexibility index (Phi) is 4.83. The predicted octanol–water partition coefficient (Wildman–Crippen LogP) is 2.44. The summed E-state index contributed by atoms with van der Waals surface area (Å²) in [6, 6.07) is 0.392. The smallest absolute Gasteiger partial charge is 0.0263 e. The second-order valence-electron chi connectivity index (χ2n) is 5.60. The molecule has 94 valence electrons. The molecule has 16 heavy (non-hydrogen) atoms. The van der Waals surface area contributed by atoms with E-state index in [9.17, 15) is 4.21 Å². The van der Waals surface area contributed by atoms with E-state index in [4.69, 9.17) is 5.73 Å². The van der Waals surface area contributed by atoms with Crippen LogP contribution >= 0.6 is 0 Å². The quantitative estimate of drug-likeness (QED) is 0.806. The number of rotatable bonds is 5. The third kappa shape index (κ3) is 3.56. The van der Waals surface area contributed by atoms with E-state index in [2.05, 4.69) is 0 Å². The van der Waals surface area contributed by atoms with Crippen molar-refractivity contribution in [2.24, 2.45) is 17.6 Å². The Morgan fingerprint density at radius 2 is 1.81 bits per heavy atom. The van der Waals surface area contributed by atoms with Crippen LogP contribution in [0.2, 0.25) is 0 Å². The molecule has 0 heterocycles. The fourth-order valence-electron chi connectivity index (χ4n) is 3.23. The zero-order chi connectivity index (χ0) is 11.4. The van der Waals surface area contributed by atoms with Crippen LogP contribution in [0.15, 0.2) is 0 Å². The highest BCUT2D eigenvalue weighted by Crippen LogP contribution is 2.28. The molecule has 0 aliphatic heterocycles. The molecule has 2 aliphatic carbocycles. The van der Waals surface area contributed by atoms with E-state index in [1.165, 1.54) is 44.9 Å². The highest BCUT2D eigenvalue weighted by Gasteiger charge is 2.24. The van der Waals surface area contributed by atoms with Crippen LogP contribution in [0, 0.1) is 11.8 Å². The van der Waals surface area contributed by atoms with Gasteiger partial charge in [0.2, 0.25) is 0 Å². The van der Waals surface area contributed by atoms with Crippen LogP contribution in [0.4, 0.5) is 0 Å². The van der Waals surface area contributed by atoms with Crippen molar-refractivity contribution >= 4 is 10.8 Å². The number of nitrogens with two attached hydrogens (primary N) is 1. The molecule has 0 bridgehead atoms. The lowest BCUT2D eigenvalue weighted by Crippen LogP contribution is -2.26. The first kappa shape index (κ1) is 12.6. The molecule has 0 amide bonds. The van der Waals surface area contributed by atoms with Gasteiger partial charge in [0.05, 0.1) is 0 Å². The maximum atomic E-state index is 11.9. The molecule has 2 fully saturated rings. The van der Waals surface area contributed by atoms with Crippen molar-refractivity contribution in [2.45, 2.75) is 57.4 Å². The van der Waals surface area contributed by atoms with E-state index in [0.29, 0.717) is 12.0 Å². The van der Waals surface area contributed by atoms with Crippen LogP contribution in [-0.2, 0) is 10.8 Å². The van der Waals surface area contributed by atoms with Crippen LogP contribution in [0.1, 0.15) is 51.4 Å². The highest BCUT2D eigenvalue weighted by atomic mass is 32.2. The van der Waals surface area contributed by atoms with Crippen LogP contribution < -0.4 is 5.73 Å². The third-order valence-electron chi connectivity index (χ3n) is 4.33. The zero-order valence-corrected chi connectivity index (χ0v) is 11.0. The second kappa shape index (κ2) is 6.15. The van der Waals surface area contributed by atoms with Gasteiger partial charge in [-0.05, 0) is 43.9 Å². The van der Waals surface area contributed by atoms with Crippen LogP contribution in [0.3, 0.4) is 0 Å². The van der Waals surface area contributed by atoms with Crippen molar-refractivity contribution in [3.8, 4) is 0 Å². The molecule has 3 atom stereocenters. The molecule has 2 N–H and O–H groups in total. The molecule has 0 radical (unpaired) electrons. The first-order valence-electron chi connectivity index (χ1n) is 6.86. The maximum absolute atomic E-state index is 11.9. The highest BCUT2D eigenvalue weighted by molar-refractivity contribution is 7.84. The lowest BCUT2D eigenvalue weighted by Gasteiger charge is -2.15. The first-order valence-corrected chi connectivity index (χ1v) is 8.35. The molecular weight excluding hydrogens is 218 g/mol. The molecule has 0 saturated heterocycles. The van der Waals surface area contributed by atoms with Gasteiger partial charge in [0.15, 0.2) is 0 Å². The fraction of sp³-hybridized carbons (Fsp3) is 1.00. The molecule has 3 heteroatoms. The van der Waals surface area contributed by atoms with Gasteiger partial charge >= 0.3 is 0 Å². The lowest BCUT2D eigenvalue weighted by molar-refractivity contribution is 0.467. The number of hydrogen-bond acceptors (Lipinski definition) is 2. The van der Waals surface area contributed by atoms with E-state index in [1.807, 2.05) is 0 Å². The molecule has 2 nitrogen and oxygen atoms in total. The van der Waals surface area contributed by atoms with Crippen molar-refractivity contribution in [1.82, 2.24) is 0 Å². The minimum Gasteiger partial charge on any atom is -0.327 e. The Balaban J connectivity index is 1.63. The summed E-state index contributed by atoms with van der Waals surface area (Å²) in [7, 11) is -0.576. The Morgan fingerprint density at radius 1 is 1.06 bits per heavy atom. The largest absolute Gasteiger partial charge is 0.327 e. The predicted molar refractivity (Wildman–Crippen MR) is 69.8 cm³/mol. The molecule has 2 saturated carbocycles. The molecule has 0 aromatic carbocycles. The standard InChI is InChI=1S/C13H25NOS/c14-13-7-3-6-12(13)8-9-16(15)10-11-4-1-2-5-11/h11-13H,1-10,14H2. The second-order valence-corrected chi connectivity index (χ2v) is 7.23. The Bertz CT molecular complexity index is 238. The van der Waals surface area contributed by atoms with Crippen molar-refractivity contribution in [3.05, 3.63) is 0 Å². The van der Waals surface area contributed by atoms with E-state index < -0.39 is 10.8 Å². The van der Waals surface area contributed by atoms with E-state index in [0.717, 1.165) is 23.8 Å². The van der Waals surface area contributed by atoms with Crippen LogP contribution in [-0.4, -0.2) is 21.8 Å². The summed E-state index contributed by atoms with van der Waals surface area (Å²) >= 11 is 0. The molecule has 3 unspecified atom stereocenters. The van der Waals surface area contributed by atoms with Gasteiger partial charge in [-0.15, -0.1) is 0 Å². The summed E-state index contributed by atoms with van der Waals surface area (Å²) in [4.78, 5) is 0. The van der Waals surface area contributed by atoms with Crippen molar-refractivity contribution in [2.75, 3.05) is 11.5 Å². The SMILES string of the molecule is NC1CCCC1CCS(=O)CC1CCCC1. The van der Waals surface area contributed by atoms with Gasteiger partial charge in [0.1, 0.15) is 0 Å². The van der Waals surface area contributed by atoms with Gasteiger partial charge in [0.25, 0.3) is 0 Å². The summed E-state index contributed by atoms with van der Waals surface area (Å²) in [5.41, 5.74) is 6.03. The fourth-order valence-corrected chi connectivity index (χ4v) is 4.82. The molecule has 2 aliphatic rings. The summed E-state index contributed by atoms with van der Waals surface area (Å²) < 4.78 is 11.9. The molecule has 2 rings (SSSR count). The van der Waals surface area contributed by atoms with Gasteiger partial charge < -0.3 is 5.73 Å². The van der Waals surface area contributed by atoms with Gasteiger partial charge in [-0.3, -0.25) is 4.21 Å². The zero-order valence-electron chi connectivity index (χ0n) is 10.2. The maximum Gasteiger partial charge on any atom is 0.0263 e. The van der Waals surface area contributed by atoms with Gasteiger partial charge in [-0.2, -0.15) is 0 Å². The summed E-state index contributed by atoms with van der Waals surface area (Å²) in [6.45, 7) is 0. The van der Waals surface area contributed by atoms with Gasteiger partial charge in [-0.1, -0.05) is 19.3 Å². The molecule has 0 aromatic rings. The molecule has 0 aromatic heterocycles.